The maximum atomic E-state index is 12.1. The molecule has 21 heavy (non-hydrogen) atoms. The lowest BCUT2D eigenvalue weighted by Crippen LogP contribution is -2.37. The molecule has 8 heteroatoms. The Morgan fingerprint density at radius 3 is 2.90 bits per heavy atom. The molecule has 1 aliphatic rings. The van der Waals surface area contributed by atoms with Crippen LogP contribution < -0.4 is 16.6 Å². The number of nitrogens with one attached hydrogen (secondary N) is 2. The molecule has 2 aromatic rings. The monoisotopic (exact) mass is 306 g/mol. The third-order valence-electron chi connectivity index (χ3n) is 3.49. The second-order valence-electron chi connectivity index (χ2n) is 4.92. The molecule has 3 rings (SSSR count). The Labute approximate surface area is 123 Å². The van der Waals surface area contributed by atoms with Crippen molar-refractivity contribution in [1.82, 2.24) is 14.5 Å². The zero-order chi connectivity index (χ0) is 15.0. The molecule has 0 saturated heterocycles. The first-order valence-corrected chi connectivity index (χ1v) is 7.46. The highest BCUT2D eigenvalue weighted by Gasteiger charge is 2.18. The number of fused-ring (bicyclic) bond motifs is 1. The molecule has 0 atom stereocenters. The van der Waals surface area contributed by atoms with Crippen LogP contribution in [0, 0.1) is 0 Å². The molecule has 0 spiro atoms. The van der Waals surface area contributed by atoms with Crippen LogP contribution in [-0.4, -0.2) is 20.4 Å². The molecule has 2 N–H and O–H groups in total. The first kappa shape index (κ1) is 13.7. The van der Waals surface area contributed by atoms with Crippen LogP contribution >= 0.6 is 11.3 Å². The fraction of sp³-hybridized carbons (Fsp3) is 0.385. The molecule has 2 aromatic heterocycles. The van der Waals surface area contributed by atoms with Gasteiger partial charge in [0, 0.05) is 18.1 Å². The highest BCUT2D eigenvalue weighted by molar-refractivity contribution is 7.15. The molecule has 1 aliphatic carbocycles. The van der Waals surface area contributed by atoms with E-state index in [2.05, 4.69) is 15.3 Å². The predicted octanol–water partition coefficient (Wildman–Crippen LogP) is 0.661. The third kappa shape index (κ3) is 2.54. The smallest absolute Gasteiger partial charge is 0.313 e. The average molecular weight is 306 g/mol. The summed E-state index contributed by atoms with van der Waals surface area (Å²) in [4.78, 5) is 43.2. The Balaban J connectivity index is 1.87. The molecule has 0 fully saturated rings. The number of hydrogen-bond acceptors (Lipinski definition) is 5. The quantitative estimate of drug-likeness (QED) is 0.852. The van der Waals surface area contributed by atoms with Gasteiger partial charge >= 0.3 is 5.69 Å². The molecular weight excluding hydrogens is 292 g/mol. The van der Waals surface area contributed by atoms with Gasteiger partial charge in [-0.1, -0.05) is 0 Å². The van der Waals surface area contributed by atoms with Gasteiger partial charge in [0.2, 0.25) is 0 Å². The molecule has 0 aliphatic heterocycles. The second kappa shape index (κ2) is 5.28. The van der Waals surface area contributed by atoms with Crippen LogP contribution in [0.25, 0.3) is 0 Å². The van der Waals surface area contributed by atoms with E-state index in [0.717, 1.165) is 42.1 Å². The van der Waals surface area contributed by atoms with E-state index < -0.39 is 17.2 Å². The van der Waals surface area contributed by atoms with E-state index in [0.29, 0.717) is 5.13 Å². The summed E-state index contributed by atoms with van der Waals surface area (Å²) in [5.74, 6) is -0.557. The van der Waals surface area contributed by atoms with Gasteiger partial charge in [0.05, 0.1) is 5.69 Å². The van der Waals surface area contributed by atoms with E-state index >= 15 is 0 Å². The standard InChI is InChI=1S/C13H14N4O3S/c1-17-11(19)7(6-14-13(17)20)10(18)16-12-15-8-4-2-3-5-9(8)21-12/h6H,2-5H2,1H3,(H,14,20)(H,15,16,18). The van der Waals surface area contributed by atoms with Crippen LogP contribution in [0.4, 0.5) is 5.13 Å². The molecule has 2 heterocycles. The summed E-state index contributed by atoms with van der Waals surface area (Å²) in [6, 6.07) is 0. The van der Waals surface area contributed by atoms with Gasteiger partial charge < -0.3 is 4.98 Å². The maximum Gasteiger partial charge on any atom is 0.328 e. The van der Waals surface area contributed by atoms with Gasteiger partial charge in [-0.15, -0.1) is 11.3 Å². The number of aromatic amines is 1. The highest BCUT2D eigenvalue weighted by Crippen LogP contribution is 2.29. The largest absolute Gasteiger partial charge is 0.328 e. The van der Waals surface area contributed by atoms with Crippen molar-refractivity contribution >= 4 is 22.4 Å². The van der Waals surface area contributed by atoms with Crippen molar-refractivity contribution in [3.05, 3.63) is 43.2 Å². The normalized spacial score (nSPS) is 13.8. The van der Waals surface area contributed by atoms with Crippen LogP contribution in [0.5, 0.6) is 0 Å². The number of aromatic nitrogens is 3. The van der Waals surface area contributed by atoms with Crippen molar-refractivity contribution in [3.63, 3.8) is 0 Å². The Morgan fingerprint density at radius 1 is 1.38 bits per heavy atom. The minimum atomic E-state index is -0.627. The maximum absolute atomic E-state index is 12.1. The van der Waals surface area contributed by atoms with E-state index in [1.54, 1.807) is 0 Å². The first-order valence-electron chi connectivity index (χ1n) is 6.65. The highest BCUT2D eigenvalue weighted by atomic mass is 32.1. The van der Waals surface area contributed by atoms with Crippen LogP contribution in [0.15, 0.2) is 15.8 Å². The Bertz CT molecular complexity index is 794. The van der Waals surface area contributed by atoms with Gasteiger partial charge in [0.25, 0.3) is 11.5 Å². The Hall–Kier alpha value is -2.22. The first-order chi connectivity index (χ1) is 10.1. The van der Waals surface area contributed by atoms with E-state index in [-0.39, 0.29) is 5.56 Å². The van der Waals surface area contributed by atoms with E-state index in [4.69, 9.17) is 0 Å². The number of aryl methyl sites for hydroxylation is 2. The molecule has 0 aromatic carbocycles. The van der Waals surface area contributed by atoms with Crippen LogP contribution in [0.2, 0.25) is 0 Å². The molecule has 0 radical (unpaired) electrons. The van der Waals surface area contributed by atoms with Crippen molar-refractivity contribution in [3.8, 4) is 0 Å². The summed E-state index contributed by atoms with van der Waals surface area (Å²) in [5, 5.41) is 3.14. The molecule has 7 nitrogen and oxygen atoms in total. The number of rotatable bonds is 2. The van der Waals surface area contributed by atoms with Crippen LogP contribution in [-0.2, 0) is 19.9 Å². The SMILES string of the molecule is Cn1c(=O)[nH]cc(C(=O)Nc2nc3c(s2)CCCC3)c1=O. The van der Waals surface area contributed by atoms with E-state index in [1.807, 2.05) is 0 Å². The average Bonchev–Trinajstić information content (AvgIpc) is 2.86. The van der Waals surface area contributed by atoms with Gasteiger partial charge in [-0.25, -0.2) is 9.78 Å². The molecule has 110 valence electrons. The number of carbonyl (C=O) groups is 1. The van der Waals surface area contributed by atoms with E-state index in [9.17, 15) is 14.4 Å². The topological polar surface area (TPSA) is 96.8 Å². The van der Waals surface area contributed by atoms with Crippen LogP contribution in [0.1, 0.15) is 33.8 Å². The second-order valence-corrected chi connectivity index (χ2v) is 6.01. The lowest BCUT2D eigenvalue weighted by molar-refractivity contribution is 0.102. The lowest BCUT2D eigenvalue weighted by Gasteiger charge is -2.06. The zero-order valence-electron chi connectivity index (χ0n) is 11.4. The molecule has 0 bridgehead atoms. The minimum Gasteiger partial charge on any atom is -0.313 e. The molecule has 0 saturated carbocycles. The van der Waals surface area contributed by atoms with Gasteiger partial charge in [-0.2, -0.15) is 0 Å². The van der Waals surface area contributed by atoms with Crippen molar-refractivity contribution in [1.29, 1.82) is 0 Å². The Morgan fingerprint density at radius 2 is 2.14 bits per heavy atom. The minimum absolute atomic E-state index is 0.106. The van der Waals surface area contributed by atoms with Gasteiger partial charge in [0.15, 0.2) is 5.13 Å². The van der Waals surface area contributed by atoms with Gasteiger partial charge in [-0.05, 0) is 25.7 Å². The third-order valence-corrected chi connectivity index (χ3v) is 4.56. The molecule has 0 unspecified atom stereocenters. The summed E-state index contributed by atoms with van der Waals surface area (Å²) in [7, 11) is 1.32. The number of amides is 1. The number of thiazole rings is 1. The van der Waals surface area contributed by atoms with Crippen molar-refractivity contribution in [2.24, 2.45) is 7.05 Å². The van der Waals surface area contributed by atoms with Crippen molar-refractivity contribution < 1.29 is 4.79 Å². The summed E-state index contributed by atoms with van der Waals surface area (Å²) >= 11 is 1.45. The fourth-order valence-electron chi connectivity index (χ4n) is 2.30. The predicted molar refractivity (Wildman–Crippen MR) is 79.0 cm³/mol. The Kier molecular flexibility index (Phi) is 3.46. The molecular formula is C13H14N4O3S. The lowest BCUT2D eigenvalue weighted by atomic mass is 10.0. The number of nitrogens with zero attached hydrogens (tertiary/aromatic N) is 2. The van der Waals surface area contributed by atoms with Gasteiger partial charge in [0.1, 0.15) is 5.56 Å². The number of hydrogen-bond donors (Lipinski definition) is 2. The van der Waals surface area contributed by atoms with Crippen LogP contribution in [0.3, 0.4) is 0 Å². The number of H-pyrrole nitrogens is 1. The van der Waals surface area contributed by atoms with Crippen molar-refractivity contribution in [2.75, 3.05) is 5.32 Å². The molecule has 1 amide bonds. The summed E-state index contributed by atoms with van der Waals surface area (Å²) in [6.45, 7) is 0. The van der Waals surface area contributed by atoms with Gasteiger partial charge in [-0.3, -0.25) is 19.5 Å². The van der Waals surface area contributed by atoms with Crippen molar-refractivity contribution in [2.45, 2.75) is 25.7 Å². The summed E-state index contributed by atoms with van der Waals surface area (Å²) in [5.41, 5.74) is -0.250. The zero-order valence-corrected chi connectivity index (χ0v) is 12.2. The summed E-state index contributed by atoms with van der Waals surface area (Å²) < 4.78 is 0.863. The van der Waals surface area contributed by atoms with E-state index in [1.165, 1.54) is 23.3 Å². The summed E-state index contributed by atoms with van der Waals surface area (Å²) in [6.07, 6.45) is 5.31. The number of carbonyl (C=O) groups excluding carboxylic acids is 1. The number of anilines is 1. The fourth-order valence-corrected chi connectivity index (χ4v) is 3.34.